The average Bonchev–Trinajstić information content (AvgIpc) is 2.27. The molecule has 5 heteroatoms. The summed E-state index contributed by atoms with van der Waals surface area (Å²) in [4.78, 5) is 11.4. The molecule has 1 rings (SSSR count). The molecule has 0 aliphatic rings. The number of hydrogen-bond donors (Lipinski definition) is 3. The van der Waals surface area contributed by atoms with Crippen LogP contribution in [0.5, 0.6) is 0 Å². The van der Waals surface area contributed by atoms with E-state index in [1.165, 1.54) is 0 Å². The largest absolute Gasteiger partial charge is 0.373 e. The first kappa shape index (κ1) is 12.8. The van der Waals surface area contributed by atoms with Crippen LogP contribution in [0.15, 0.2) is 18.2 Å². The summed E-state index contributed by atoms with van der Waals surface area (Å²) in [6.45, 7) is 3.85. The fraction of sp³-hybridized carbons (Fsp3) is 0.364. The van der Waals surface area contributed by atoms with Crippen molar-refractivity contribution in [3.8, 4) is 0 Å². The van der Waals surface area contributed by atoms with Gasteiger partial charge in [0.25, 0.3) is 5.91 Å². The molecule has 0 heterocycles. The number of anilines is 1. The highest BCUT2D eigenvalue weighted by Crippen LogP contribution is 2.20. The summed E-state index contributed by atoms with van der Waals surface area (Å²) in [5.74, 6) is 4.88. The molecule has 16 heavy (non-hydrogen) atoms. The lowest BCUT2D eigenvalue weighted by molar-refractivity contribution is -0.121. The van der Waals surface area contributed by atoms with E-state index in [0.29, 0.717) is 11.4 Å². The number of nitrogens with one attached hydrogen (secondary N) is 2. The molecule has 0 aliphatic heterocycles. The van der Waals surface area contributed by atoms with Crippen molar-refractivity contribution in [3.05, 3.63) is 28.8 Å². The van der Waals surface area contributed by atoms with Gasteiger partial charge in [0.2, 0.25) is 0 Å². The molecular weight excluding hydrogens is 226 g/mol. The van der Waals surface area contributed by atoms with Gasteiger partial charge in [0.1, 0.15) is 6.04 Å². The molecule has 0 saturated carbocycles. The van der Waals surface area contributed by atoms with Crippen molar-refractivity contribution in [2.45, 2.75) is 26.3 Å². The Morgan fingerprint density at radius 3 is 2.75 bits per heavy atom. The van der Waals surface area contributed by atoms with Gasteiger partial charge in [-0.15, -0.1) is 0 Å². The third-order valence-electron chi connectivity index (χ3n) is 2.39. The predicted octanol–water partition coefficient (Wildman–Crippen LogP) is 1.83. The Labute approximate surface area is 100 Å². The van der Waals surface area contributed by atoms with E-state index in [0.717, 1.165) is 11.3 Å². The van der Waals surface area contributed by atoms with Crippen molar-refractivity contribution >= 4 is 23.2 Å². The molecule has 1 atom stereocenters. The molecule has 4 nitrogen and oxygen atoms in total. The molecule has 0 aliphatic carbocycles. The molecule has 0 fully saturated rings. The standard InChI is InChI=1S/C11H16ClN3O/c1-3-9(11(16)15-13)14-10-5-4-8(12)6-7(10)2/h4-6,9,14H,3,13H2,1-2H3,(H,15,16)/t9-/m1/s1. The van der Waals surface area contributed by atoms with Crippen molar-refractivity contribution in [2.75, 3.05) is 5.32 Å². The van der Waals surface area contributed by atoms with Crippen LogP contribution < -0.4 is 16.6 Å². The van der Waals surface area contributed by atoms with Crippen molar-refractivity contribution < 1.29 is 4.79 Å². The number of halogens is 1. The number of rotatable bonds is 4. The van der Waals surface area contributed by atoms with E-state index in [2.05, 4.69) is 10.7 Å². The van der Waals surface area contributed by atoms with Gasteiger partial charge in [-0.2, -0.15) is 0 Å². The lowest BCUT2D eigenvalue weighted by Gasteiger charge is -2.18. The molecule has 0 radical (unpaired) electrons. The highest BCUT2D eigenvalue weighted by Gasteiger charge is 2.15. The lowest BCUT2D eigenvalue weighted by Crippen LogP contribution is -2.42. The lowest BCUT2D eigenvalue weighted by atomic mass is 10.1. The van der Waals surface area contributed by atoms with Crippen LogP contribution in [0.1, 0.15) is 18.9 Å². The molecule has 0 bridgehead atoms. The molecule has 1 aromatic rings. The van der Waals surface area contributed by atoms with Crippen molar-refractivity contribution in [2.24, 2.45) is 5.84 Å². The van der Waals surface area contributed by atoms with Gasteiger partial charge in [0, 0.05) is 10.7 Å². The summed E-state index contributed by atoms with van der Waals surface area (Å²) >= 11 is 5.85. The molecule has 1 aromatic carbocycles. The fourth-order valence-corrected chi connectivity index (χ4v) is 1.66. The summed E-state index contributed by atoms with van der Waals surface area (Å²) in [6, 6.07) is 5.15. The first-order chi connectivity index (χ1) is 7.58. The van der Waals surface area contributed by atoms with Crippen LogP contribution in [-0.2, 0) is 4.79 Å². The normalized spacial score (nSPS) is 12.0. The SMILES string of the molecule is CC[C@@H](Nc1ccc(Cl)cc1C)C(=O)NN. The predicted molar refractivity (Wildman–Crippen MR) is 66.2 cm³/mol. The Hall–Kier alpha value is -1.26. The zero-order chi connectivity index (χ0) is 12.1. The maximum atomic E-state index is 11.4. The van der Waals surface area contributed by atoms with E-state index in [1.807, 2.05) is 26.0 Å². The zero-order valence-corrected chi connectivity index (χ0v) is 10.1. The number of hydrazine groups is 1. The van der Waals surface area contributed by atoms with Gasteiger partial charge in [-0.05, 0) is 37.1 Å². The van der Waals surface area contributed by atoms with E-state index < -0.39 is 0 Å². The summed E-state index contributed by atoms with van der Waals surface area (Å²) in [6.07, 6.45) is 0.658. The molecule has 1 amide bonds. The van der Waals surface area contributed by atoms with Crippen LogP contribution >= 0.6 is 11.6 Å². The molecule has 0 aromatic heterocycles. The number of nitrogens with two attached hydrogens (primary N) is 1. The second kappa shape index (κ2) is 5.72. The number of aryl methyl sites for hydroxylation is 1. The van der Waals surface area contributed by atoms with Gasteiger partial charge in [-0.1, -0.05) is 18.5 Å². The smallest absolute Gasteiger partial charge is 0.256 e. The summed E-state index contributed by atoms with van der Waals surface area (Å²) in [5, 5.41) is 3.80. The fourth-order valence-electron chi connectivity index (χ4n) is 1.43. The van der Waals surface area contributed by atoms with E-state index in [4.69, 9.17) is 17.4 Å². The number of benzene rings is 1. The molecule has 0 unspecified atom stereocenters. The average molecular weight is 242 g/mol. The Balaban J connectivity index is 2.82. The van der Waals surface area contributed by atoms with E-state index in [1.54, 1.807) is 6.07 Å². The Bertz CT molecular complexity index is 381. The van der Waals surface area contributed by atoms with E-state index in [9.17, 15) is 4.79 Å². The minimum absolute atomic E-state index is 0.225. The third-order valence-corrected chi connectivity index (χ3v) is 2.62. The van der Waals surface area contributed by atoms with Crippen molar-refractivity contribution in [3.63, 3.8) is 0 Å². The number of carbonyl (C=O) groups is 1. The molecule has 88 valence electrons. The van der Waals surface area contributed by atoms with Gasteiger partial charge in [-0.25, -0.2) is 5.84 Å². The van der Waals surface area contributed by atoms with Crippen LogP contribution in [0.4, 0.5) is 5.69 Å². The molecule has 0 saturated heterocycles. The maximum Gasteiger partial charge on any atom is 0.256 e. The molecular formula is C11H16ClN3O. The Morgan fingerprint density at radius 2 is 2.25 bits per heavy atom. The summed E-state index contributed by atoms with van der Waals surface area (Å²) < 4.78 is 0. The first-order valence-corrected chi connectivity index (χ1v) is 5.49. The number of hydrogen-bond acceptors (Lipinski definition) is 3. The summed E-state index contributed by atoms with van der Waals surface area (Å²) in [5.41, 5.74) is 4.02. The third kappa shape index (κ3) is 3.12. The second-order valence-electron chi connectivity index (χ2n) is 3.57. The molecule has 0 spiro atoms. The monoisotopic (exact) mass is 241 g/mol. The second-order valence-corrected chi connectivity index (χ2v) is 4.01. The highest BCUT2D eigenvalue weighted by atomic mass is 35.5. The van der Waals surface area contributed by atoms with Crippen LogP contribution in [0.25, 0.3) is 0 Å². The van der Waals surface area contributed by atoms with E-state index >= 15 is 0 Å². The minimum Gasteiger partial charge on any atom is -0.373 e. The molecule has 4 N–H and O–H groups in total. The van der Waals surface area contributed by atoms with Gasteiger partial charge < -0.3 is 5.32 Å². The Morgan fingerprint density at radius 1 is 1.56 bits per heavy atom. The van der Waals surface area contributed by atoms with Gasteiger partial charge in [0.15, 0.2) is 0 Å². The topological polar surface area (TPSA) is 67.2 Å². The van der Waals surface area contributed by atoms with Crippen molar-refractivity contribution in [1.29, 1.82) is 0 Å². The highest BCUT2D eigenvalue weighted by molar-refractivity contribution is 6.30. The number of amides is 1. The van der Waals surface area contributed by atoms with Gasteiger partial charge in [0.05, 0.1) is 0 Å². The maximum absolute atomic E-state index is 11.4. The zero-order valence-electron chi connectivity index (χ0n) is 9.38. The van der Waals surface area contributed by atoms with Gasteiger partial charge in [-0.3, -0.25) is 10.2 Å². The van der Waals surface area contributed by atoms with Crippen molar-refractivity contribution in [1.82, 2.24) is 5.43 Å². The summed E-state index contributed by atoms with van der Waals surface area (Å²) in [7, 11) is 0. The minimum atomic E-state index is -0.329. The van der Waals surface area contributed by atoms with Gasteiger partial charge >= 0.3 is 0 Å². The van der Waals surface area contributed by atoms with Crippen LogP contribution in [0, 0.1) is 6.92 Å². The quantitative estimate of drug-likeness (QED) is 0.428. The van der Waals surface area contributed by atoms with Crippen LogP contribution in [0.2, 0.25) is 5.02 Å². The number of carbonyl (C=O) groups excluding carboxylic acids is 1. The first-order valence-electron chi connectivity index (χ1n) is 5.11. The van der Waals surface area contributed by atoms with Crippen LogP contribution in [0.3, 0.4) is 0 Å². The Kier molecular flexibility index (Phi) is 4.58. The van der Waals surface area contributed by atoms with Crippen LogP contribution in [-0.4, -0.2) is 11.9 Å². The van der Waals surface area contributed by atoms with E-state index in [-0.39, 0.29) is 11.9 Å².